The summed E-state index contributed by atoms with van der Waals surface area (Å²) in [5.41, 5.74) is 6.30. The van der Waals surface area contributed by atoms with E-state index in [1.54, 1.807) is 24.3 Å². The van der Waals surface area contributed by atoms with E-state index in [1.807, 2.05) is 48.5 Å². The molecule has 0 aliphatic heterocycles. The van der Waals surface area contributed by atoms with Gasteiger partial charge in [0.05, 0.1) is 0 Å². The number of carboxylic acids is 1. The Hall–Kier alpha value is -4.79. The Morgan fingerprint density at radius 1 is 0.800 bits per heavy atom. The molecule has 9 heteroatoms. The predicted molar refractivity (Wildman–Crippen MR) is 142 cm³/mol. The van der Waals surface area contributed by atoms with Crippen LogP contribution in [-0.2, 0) is 16.0 Å². The second-order valence-electron chi connectivity index (χ2n) is 9.33. The number of carboxylic acid groups (broad SMARTS) is 1. The number of hydrogen-bond donors (Lipinski definition) is 2. The summed E-state index contributed by atoms with van der Waals surface area (Å²) < 4.78 is 46.5. The minimum Gasteiger partial charge on any atom is -0.480 e. The normalized spacial score (nSPS) is 13.2. The lowest BCUT2D eigenvalue weighted by molar-refractivity contribution is -0.274. The second kappa shape index (κ2) is 11.1. The molecule has 204 valence electrons. The third-order valence-corrected chi connectivity index (χ3v) is 6.75. The molecule has 40 heavy (non-hydrogen) atoms. The van der Waals surface area contributed by atoms with Crippen molar-refractivity contribution in [1.29, 1.82) is 0 Å². The van der Waals surface area contributed by atoms with Crippen molar-refractivity contribution >= 4 is 12.1 Å². The molecule has 5 rings (SSSR count). The maximum Gasteiger partial charge on any atom is 0.573 e. The van der Waals surface area contributed by atoms with Gasteiger partial charge in [0.2, 0.25) is 0 Å². The van der Waals surface area contributed by atoms with Crippen LogP contribution in [0.4, 0.5) is 18.0 Å². The van der Waals surface area contributed by atoms with E-state index in [-0.39, 0.29) is 24.7 Å². The van der Waals surface area contributed by atoms with Gasteiger partial charge in [-0.05, 0) is 51.1 Å². The molecule has 0 saturated carbocycles. The summed E-state index contributed by atoms with van der Waals surface area (Å²) in [5, 5.41) is 12.1. The van der Waals surface area contributed by atoms with Gasteiger partial charge in [0, 0.05) is 12.3 Å². The van der Waals surface area contributed by atoms with E-state index in [2.05, 4.69) is 10.1 Å². The van der Waals surface area contributed by atoms with E-state index in [1.165, 1.54) is 24.3 Å². The Morgan fingerprint density at radius 3 is 1.85 bits per heavy atom. The van der Waals surface area contributed by atoms with Crippen molar-refractivity contribution in [2.75, 3.05) is 6.61 Å². The van der Waals surface area contributed by atoms with Crippen LogP contribution in [0.1, 0.15) is 22.6 Å². The van der Waals surface area contributed by atoms with Crippen molar-refractivity contribution in [3.8, 4) is 28.0 Å². The first kappa shape index (κ1) is 26.8. The van der Waals surface area contributed by atoms with Gasteiger partial charge in [0.25, 0.3) is 0 Å². The number of hydrogen-bond acceptors (Lipinski definition) is 4. The van der Waals surface area contributed by atoms with Gasteiger partial charge in [-0.15, -0.1) is 13.2 Å². The molecule has 4 aromatic rings. The molecule has 0 saturated heterocycles. The van der Waals surface area contributed by atoms with E-state index >= 15 is 0 Å². The zero-order valence-corrected chi connectivity index (χ0v) is 21.0. The molecule has 1 aliphatic rings. The summed E-state index contributed by atoms with van der Waals surface area (Å²) in [6, 6.07) is 26.9. The number of alkyl halides is 3. The molecule has 0 radical (unpaired) electrons. The molecule has 0 spiro atoms. The summed E-state index contributed by atoms with van der Waals surface area (Å²) in [5.74, 6) is -1.68. The van der Waals surface area contributed by atoms with Crippen molar-refractivity contribution in [3.63, 3.8) is 0 Å². The standard InChI is InChI=1S/C31H24F3NO5/c32-31(33,34)40-22-15-13-21(14-16-22)20-11-9-19(10-12-20)17-28(29(36)37)35-30(38)39-18-27-25-7-3-1-5-23(25)24-6-2-4-8-26(24)27/h1-16,27-28H,17-18H2,(H,35,38)(H,36,37). The van der Waals surface area contributed by atoms with Gasteiger partial charge in [-0.25, -0.2) is 9.59 Å². The van der Waals surface area contributed by atoms with Crippen molar-refractivity contribution < 1.29 is 37.3 Å². The molecule has 2 N–H and O–H groups in total. The smallest absolute Gasteiger partial charge is 0.480 e. The molecule has 0 heterocycles. The van der Waals surface area contributed by atoms with E-state index in [4.69, 9.17) is 4.74 Å². The number of amides is 1. The average Bonchev–Trinajstić information content (AvgIpc) is 3.25. The molecule has 1 amide bonds. The van der Waals surface area contributed by atoms with Gasteiger partial charge in [-0.2, -0.15) is 0 Å². The number of carbonyl (C=O) groups is 2. The van der Waals surface area contributed by atoms with Gasteiger partial charge in [-0.3, -0.25) is 0 Å². The van der Waals surface area contributed by atoms with Crippen molar-refractivity contribution in [2.24, 2.45) is 0 Å². The Bertz CT molecular complexity index is 1470. The van der Waals surface area contributed by atoms with Gasteiger partial charge >= 0.3 is 18.4 Å². The summed E-state index contributed by atoms with van der Waals surface area (Å²) in [7, 11) is 0. The Kier molecular flexibility index (Phi) is 7.46. The van der Waals surface area contributed by atoms with Crippen LogP contribution in [0.2, 0.25) is 0 Å². The fraction of sp³-hybridized carbons (Fsp3) is 0.161. The molecule has 4 aromatic carbocycles. The molecule has 6 nitrogen and oxygen atoms in total. The largest absolute Gasteiger partial charge is 0.573 e. The van der Waals surface area contributed by atoms with Gasteiger partial charge in [-0.1, -0.05) is 84.9 Å². The lowest BCUT2D eigenvalue weighted by Crippen LogP contribution is -2.42. The van der Waals surface area contributed by atoms with Crippen LogP contribution < -0.4 is 10.1 Å². The SMILES string of the molecule is O=C(NC(Cc1ccc(-c2ccc(OC(F)(F)F)cc2)cc1)C(=O)O)OCC1c2ccccc2-c2ccccc21. The van der Waals surface area contributed by atoms with Gasteiger partial charge < -0.3 is 19.9 Å². The summed E-state index contributed by atoms with van der Waals surface area (Å²) >= 11 is 0. The quantitative estimate of drug-likeness (QED) is 0.254. The minimum atomic E-state index is -4.77. The number of benzene rings is 4. The van der Waals surface area contributed by atoms with Crippen LogP contribution >= 0.6 is 0 Å². The summed E-state index contributed by atoms with van der Waals surface area (Å²) in [4.78, 5) is 24.5. The van der Waals surface area contributed by atoms with Gasteiger partial charge in [0.15, 0.2) is 0 Å². The molecular weight excluding hydrogens is 523 g/mol. The fourth-order valence-corrected chi connectivity index (χ4v) is 4.90. The maximum absolute atomic E-state index is 12.6. The molecular formula is C31H24F3NO5. The number of nitrogens with one attached hydrogen (secondary N) is 1. The van der Waals surface area contributed by atoms with Gasteiger partial charge in [0.1, 0.15) is 18.4 Å². The topological polar surface area (TPSA) is 84.9 Å². The highest BCUT2D eigenvalue weighted by Crippen LogP contribution is 2.44. The third-order valence-electron chi connectivity index (χ3n) is 6.75. The Morgan fingerprint density at radius 2 is 1.32 bits per heavy atom. The summed E-state index contributed by atoms with van der Waals surface area (Å²) in [6.45, 7) is 0.0632. The number of aliphatic carboxylic acids is 1. The fourth-order valence-electron chi connectivity index (χ4n) is 4.90. The predicted octanol–water partition coefficient (Wildman–Crippen LogP) is 6.79. The number of fused-ring (bicyclic) bond motifs is 3. The van der Waals surface area contributed by atoms with E-state index < -0.39 is 24.5 Å². The highest BCUT2D eigenvalue weighted by Gasteiger charge is 2.31. The summed E-state index contributed by atoms with van der Waals surface area (Å²) in [6.07, 6.45) is -5.58. The van der Waals surface area contributed by atoms with Crippen LogP contribution in [0.15, 0.2) is 97.1 Å². The van der Waals surface area contributed by atoms with Crippen molar-refractivity contribution in [2.45, 2.75) is 24.7 Å². The maximum atomic E-state index is 12.6. The zero-order valence-electron chi connectivity index (χ0n) is 21.0. The second-order valence-corrected chi connectivity index (χ2v) is 9.33. The first-order valence-electron chi connectivity index (χ1n) is 12.5. The Labute approximate surface area is 228 Å². The first-order valence-corrected chi connectivity index (χ1v) is 12.5. The van der Waals surface area contributed by atoms with Crippen molar-refractivity contribution in [3.05, 3.63) is 114 Å². The highest BCUT2D eigenvalue weighted by molar-refractivity contribution is 5.81. The third kappa shape index (κ3) is 6.09. The molecule has 0 fully saturated rings. The molecule has 0 aromatic heterocycles. The zero-order chi connectivity index (χ0) is 28.3. The number of ether oxygens (including phenoxy) is 2. The van der Waals surface area contributed by atoms with E-state index in [0.29, 0.717) is 11.1 Å². The lowest BCUT2D eigenvalue weighted by atomic mass is 9.98. The average molecular weight is 548 g/mol. The van der Waals surface area contributed by atoms with Crippen LogP contribution in [0.3, 0.4) is 0 Å². The van der Waals surface area contributed by atoms with E-state index in [0.717, 1.165) is 27.8 Å². The number of carbonyl (C=O) groups excluding carboxylic acids is 1. The molecule has 1 unspecified atom stereocenters. The Balaban J connectivity index is 1.20. The van der Waals surface area contributed by atoms with Crippen LogP contribution in [0.5, 0.6) is 5.75 Å². The van der Waals surface area contributed by atoms with Crippen LogP contribution in [0.25, 0.3) is 22.3 Å². The number of alkyl carbamates (subject to hydrolysis) is 1. The first-order chi connectivity index (χ1) is 19.2. The van der Waals surface area contributed by atoms with Crippen LogP contribution in [-0.4, -0.2) is 36.2 Å². The minimum absolute atomic E-state index is 0.0121. The molecule has 1 atom stereocenters. The van der Waals surface area contributed by atoms with Crippen LogP contribution in [0, 0.1) is 0 Å². The molecule has 1 aliphatic carbocycles. The number of rotatable bonds is 8. The lowest BCUT2D eigenvalue weighted by Gasteiger charge is -2.17. The molecule has 0 bridgehead atoms. The highest BCUT2D eigenvalue weighted by atomic mass is 19.4. The monoisotopic (exact) mass is 547 g/mol. The van der Waals surface area contributed by atoms with E-state index in [9.17, 15) is 27.9 Å². The van der Waals surface area contributed by atoms with Crippen molar-refractivity contribution in [1.82, 2.24) is 5.32 Å². The number of halogens is 3.